The number of halogens is 1. The van der Waals surface area contributed by atoms with Crippen molar-refractivity contribution in [1.82, 2.24) is 5.32 Å². The molecule has 0 aliphatic carbocycles. The van der Waals surface area contributed by atoms with Gasteiger partial charge < -0.3 is 10.4 Å². The summed E-state index contributed by atoms with van der Waals surface area (Å²) in [6.45, 7) is 0.621. The summed E-state index contributed by atoms with van der Waals surface area (Å²) in [6, 6.07) is 3.54. The number of hydrogen-bond acceptors (Lipinski definition) is 2. The first-order chi connectivity index (χ1) is 6.68. The molecule has 1 aliphatic heterocycles. The molecule has 0 saturated carbocycles. The van der Waals surface area contributed by atoms with Gasteiger partial charge in [-0.25, -0.2) is 4.39 Å². The van der Waals surface area contributed by atoms with Crippen LogP contribution in [0.5, 0.6) is 0 Å². The fourth-order valence-corrected chi connectivity index (χ4v) is 1.74. The van der Waals surface area contributed by atoms with Crippen molar-refractivity contribution >= 4 is 5.97 Å². The van der Waals surface area contributed by atoms with E-state index in [9.17, 15) is 9.18 Å². The maximum Gasteiger partial charge on any atom is 0.325 e. The van der Waals surface area contributed by atoms with Crippen LogP contribution in [-0.4, -0.2) is 17.6 Å². The van der Waals surface area contributed by atoms with Crippen LogP contribution in [0.1, 0.15) is 17.2 Å². The van der Waals surface area contributed by atoms with E-state index in [1.807, 2.05) is 0 Å². The van der Waals surface area contributed by atoms with Crippen LogP contribution in [0.3, 0.4) is 0 Å². The van der Waals surface area contributed by atoms with E-state index in [-0.39, 0.29) is 0 Å². The highest BCUT2D eigenvalue weighted by molar-refractivity contribution is 5.76. The molecule has 0 amide bonds. The summed E-state index contributed by atoms with van der Waals surface area (Å²) in [5.41, 5.74) is 1.46. The summed E-state index contributed by atoms with van der Waals surface area (Å²) in [6.07, 6.45) is 0.749. The van der Waals surface area contributed by atoms with Crippen molar-refractivity contribution in [3.05, 3.63) is 35.1 Å². The first-order valence-corrected chi connectivity index (χ1v) is 4.43. The normalized spacial score (nSPS) is 20.2. The lowest BCUT2D eigenvalue weighted by Gasteiger charge is -2.23. The van der Waals surface area contributed by atoms with Crippen molar-refractivity contribution in [2.75, 3.05) is 6.54 Å². The lowest BCUT2D eigenvalue weighted by atomic mass is 9.94. The third-order valence-corrected chi connectivity index (χ3v) is 2.41. The Balaban J connectivity index is 2.46. The molecular formula is C10H10FNO2. The Morgan fingerprint density at radius 3 is 3.07 bits per heavy atom. The van der Waals surface area contributed by atoms with Crippen molar-refractivity contribution in [2.45, 2.75) is 12.5 Å². The molecule has 1 unspecified atom stereocenters. The van der Waals surface area contributed by atoms with Crippen molar-refractivity contribution in [3.63, 3.8) is 0 Å². The van der Waals surface area contributed by atoms with Crippen molar-refractivity contribution < 1.29 is 14.3 Å². The number of carboxylic acid groups (broad SMARTS) is 1. The maximum atomic E-state index is 12.9. The first kappa shape index (κ1) is 9.15. The van der Waals surface area contributed by atoms with Crippen LogP contribution in [0.4, 0.5) is 4.39 Å². The van der Waals surface area contributed by atoms with Gasteiger partial charge in [0.15, 0.2) is 0 Å². The smallest absolute Gasteiger partial charge is 0.325 e. The van der Waals surface area contributed by atoms with E-state index in [0.717, 1.165) is 12.0 Å². The molecule has 0 spiro atoms. The van der Waals surface area contributed by atoms with Gasteiger partial charge in [-0.2, -0.15) is 0 Å². The Morgan fingerprint density at radius 2 is 2.36 bits per heavy atom. The average molecular weight is 195 g/mol. The fraction of sp³-hybridized carbons (Fsp3) is 0.300. The minimum atomic E-state index is -0.962. The largest absolute Gasteiger partial charge is 0.480 e. The minimum absolute atomic E-state index is 0.390. The maximum absolute atomic E-state index is 12.9. The molecule has 0 aromatic heterocycles. The van der Waals surface area contributed by atoms with Gasteiger partial charge in [-0.1, -0.05) is 6.07 Å². The zero-order chi connectivity index (χ0) is 10.1. The number of hydrogen-bond donors (Lipinski definition) is 2. The molecule has 0 fully saturated rings. The zero-order valence-corrected chi connectivity index (χ0v) is 7.46. The Kier molecular flexibility index (Phi) is 2.21. The third-order valence-electron chi connectivity index (χ3n) is 2.41. The van der Waals surface area contributed by atoms with E-state index in [4.69, 9.17) is 5.11 Å². The Hall–Kier alpha value is -1.42. The lowest BCUT2D eigenvalue weighted by molar-refractivity contribution is -0.139. The highest BCUT2D eigenvalue weighted by Gasteiger charge is 2.25. The summed E-state index contributed by atoms with van der Waals surface area (Å²) >= 11 is 0. The highest BCUT2D eigenvalue weighted by atomic mass is 19.1. The molecule has 1 atom stereocenters. The van der Waals surface area contributed by atoms with Crippen LogP contribution in [0, 0.1) is 5.82 Å². The second kappa shape index (κ2) is 3.38. The van der Waals surface area contributed by atoms with Gasteiger partial charge in [-0.3, -0.25) is 4.79 Å². The van der Waals surface area contributed by atoms with Crippen LogP contribution in [0.15, 0.2) is 18.2 Å². The summed E-state index contributed by atoms with van der Waals surface area (Å²) in [5.74, 6) is -1.35. The second-order valence-electron chi connectivity index (χ2n) is 3.32. The van der Waals surface area contributed by atoms with E-state index in [0.29, 0.717) is 12.1 Å². The molecule has 0 saturated heterocycles. The Labute approximate surface area is 80.6 Å². The number of fused-ring (bicyclic) bond motifs is 1. The fourth-order valence-electron chi connectivity index (χ4n) is 1.74. The van der Waals surface area contributed by atoms with Crippen molar-refractivity contribution in [2.24, 2.45) is 0 Å². The molecular weight excluding hydrogens is 185 g/mol. The molecule has 74 valence electrons. The second-order valence-corrected chi connectivity index (χ2v) is 3.32. The van der Waals surface area contributed by atoms with E-state index in [1.54, 1.807) is 6.07 Å². The van der Waals surface area contributed by atoms with Crippen LogP contribution < -0.4 is 5.32 Å². The highest BCUT2D eigenvalue weighted by Crippen LogP contribution is 2.23. The molecule has 0 bridgehead atoms. The van der Waals surface area contributed by atoms with Crippen molar-refractivity contribution in [3.8, 4) is 0 Å². The summed E-state index contributed by atoms with van der Waals surface area (Å²) in [4.78, 5) is 10.8. The monoisotopic (exact) mass is 195 g/mol. The SMILES string of the molecule is O=C(O)C1NCCc2ccc(F)cc21. The average Bonchev–Trinajstić information content (AvgIpc) is 2.16. The van der Waals surface area contributed by atoms with Gasteiger partial charge in [0.1, 0.15) is 11.9 Å². The molecule has 2 rings (SSSR count). The molecule has 3 nitrogen and oxygen atoms in total. The van der Waals surface area contributed by atoms with Crippen LogP contribution in [0.2, 0.25) is 0 Å². The Bertz CT molecular complexity index is 378. The topological polar surface area (TPSA) is 49.3 Å². The summed E-state index contributed by atoms with van der Waals surface area (Å²) < 4.78 is 12.9. The predicted molar refractivity (Wildman–Crippen MR) is 48.5 cm³/mol. The molecule has 2 N–H and O–H groups in total. The number of aliphatic carboxylic acids is 1. The van der Waals surface area contributed by atoms with Crippen molar-refractivity contribution in [1.29, 1.82) is 0 Å². The number of carboxylic acids is 1. The molecule has 1 aliphatic rings. The molecule has 1 heterocycles. The third kappa shape index (κ3) is 1.48. The number of carbonyl (C=O) groups is 1. The van der Waals surface area contributed by atoms with E-state index in [1.165, 1.54) is 12.1 Å². The number of benzene rings is 1. The van der Waals surface area contributed by atoms with Gasteiger partial charge in [0.05, 0.1) is 0 Å². The van der Waals surface area contributed by atoms with Gasteiger partial charge in [-0.05, 0) is 29.7 Å². The van der Waals surface area contributed by atoms with Crippen LogP contribution >= 0.6 is 0 Å². The van der Waals surface area contributed by atoms with Gasteiger partial charge in [0, 0.05) is 6.54 Å². The van der Waals surface area contributed by atoms with Gasteiger partial charge in [-0.15, -0.1) is 0 Å². The number of rotatable bonds is 1. The van der Waals surface area contributed by atoms with E-state index < -0.39 is 17.8 Å². The standard InChI is InChI=1S/C10H10FNO2/c11-7-2-1-6-3-4-12-9(10(13)14)8(6)5-7/h1-2,5,9,12H,3-4H2,(H,13,14). The molecule has 1 aromatic carbocycles. The molecule has 0 radical (unpaired) electrons. The molecule has 1 aromatic rings. The van der Waals surface area contributed by atoms with Crippen LogP contribution in [0.25, 0.3) is 0 Å². The lowest BCUT2D eigenvalue weighted by Crippen LogP contribution is -2.35. The van der Waals surface area contributed by atoms with E-state index >= 15 is 0 Å². The minimum Gasteiger partial charge on any atom is -0.480 e. The van der Waals surface area contributed by atoms with Crippen LogP contribution in [-0.2, 0) is 11.2 Å². The van der Waals surface area contributed by atoms with E-state index in [2.05, 4.69) is 5.32 Å². The molecule has 4 heteroatoms. The summed E-state index contributed by atoms with van der Waals surface area (Å²) in [5, 5.41) is 11.7. The number of nitrogens with one attached hydrogen (secondary N) is 1. The first-order valence-electron chi connectivity index (χ1n) is 4.43. The molecule has 14 heavy (non-hydrogen) atoms. The predicted octanol–water partition coefficient (Wildman–Crippen LogP) is 1.10. The van der Waals surface area contributed by atoms with Gasteiger partial charge in [0.25, 0.3) is 0 Å². The van der Waals surface area contributed by atoms with Gasteiger partial charge >= 0.3 is 5.97 Å². The zero-order valence-electron chi connectivity index (χ0n) is 7.46. The summed E-state index contributed by atoms with van der Waals surface area (Å²) in [7, 11) is 0. The quantitative estimate of drug-likeness (QED) is 0.705. The Morgan fingerprint density at radius 1 is 1.57 bits per heavy atom. The van der Waals surface area contributed by atoms with Gasteiger partial charge in [0.2, 0.25) is 0 Å².